The normalized spacial score (nSPS) is 22.8. The van der Waals surface area contributed by atoms with Crippen LogP contribution in [0.5, 0.6) is 0 Å². The lowest BCUT2D eigenvalue weighted by Gasteiger charge is -2.31. The van der Waals surface area contributed by atoms with Crippen LogP contribution in [0.15, 0.2) is 12.3 Å². The first-order valence-electron chi connectivity index (χ1n) is 7.69. The SMILES string of the molecule is CCC1CCC(C)N1c1ncc(F)cc1CNC(C)C. The molecule has 0 saturated carbocycles. The molecule has 1 N–H and O–H groups in total. The standard InChI is InChI=1S/C16H26FN3/c1-5-15-7-6-12(4)20(15)16-13(9-18-11(2)3)8-14(17)10-19-16/h8,10-12,15,18H,5-7,9H2,1-4H3. The molecule has 0 aliphatic carbocycles. The molecule has 112 valence electrons. The van der Waals surface area contributed by atoms with E-state index in [2.05, 4.69) is 42.9 Å². The van der Waals surface area contributed by atoms with Crippen LogP contribution < -0.4 is 10.2 Å². The van der Waals surface area contributed by atoms with Crippen LogP contribution in [-0.4, -0.2) is 23.1 Å². The number of anilines is 1. The number of nitrogens with zero attached hydrogens (tertiary/aromatic N) is 2. The highest BCUT2D eigenvalue weighted by Gasteiger charge is 2.31. The first-order chi connectivity index (χ1) is 9.52. The molecule has 0 radical (unpaired) electrons. The summed E-state index contributed by atoms with van der Waals surface area (Å²) in [6.07, 6.45) is 4.84. The monoisotopic (exact) mass is 279 g/mol. The van der Waals surface area contributed by atoms with Crippen LogP contribution in [0.4, 0.5) is 10.2 Å². The molecule has 20 heavy (non-hydrogen) atoms. The summed E-state index contributed by atoms with van der Waals surface area (Å²) >= 11 is 0. The van der Waals surface area contributed by atoms with Gasteiger partial charge in [0.25, 0.3) is 0 Å². The number of rotatable bonds is 5. The van der Waals surface area contributed by atoms with Crippen LogP contribution in [0.25, 0.3) is 0 Å². The van der Waals surface area contributed by atoms with Gasteiger partial charge in [0.2, 0.25) is 0 Å². The van der Waals surface area contributed by atoms with Crippen molar-refractivity contribution in [2.24, 2.45) is 0 Å². The highest BCUT2D eigenvalue weighted by molar-refractivity contribution is 5.50. The second-order valence-corrected chi connectivity index (χ2v) is 6.07. The van der Waals surface area contributed by atoms with Gasteiger partial charge >= 0.3 is 0 Å². The molecule has 1 aliphatic rings. The predicted molar refractivity (Wildman–Crippen MR) is 81.4 cm³/mol. The van der Waals surface area contributed by atoms with Gasteiger partial charge in [-0.25, -0.2) is 9.37 Å². The van der Waals surface area contributed by atoms with Crippen molar-refractivity contribution in [2.45, 2.75) is 71.6 Å². The third-order valence-electron chi connectivity index (χ3n) is 4.11. The molecule has 2 rings (SSSR count). The number of hydrogen-bond acceptors (Lipinski definition) is 3. The average molecular weight is 279 g/mol. The van der Waals surface area contributed by atoms with E-state index >= 15 is 0 Å². The van der Waals surface area contributed by atoms with Gasteiger partial charge in [0.15, 0.2) is 0 Å². The minimum absolute atomic E-state index is 0.255. The maximum Gasteiger partial charge on any atom is 0.141 e. The van der Waals surface area contributed by atoms with Crippen molar-refractivity contribution in [3.05, 3.63) is 23.6 Å². The molecule has 1 aliphatic heterocycles. The Kier molecular flexibility index (Phi) is 4.97. The van der Waals surface area contributed by atoms with Gasteiger partial charge in [0.1, 0.15) is 11.6 Å². The molecular formula is C16H26FN3. The molecular weight excluding hydrogens is 253 g/mol. The molecule has 1 aromatic rings. The molecule has 2 heterocycles. The Balaban J connectivity index is 2.29. The van der Waals surface area contributed by atoms with Crippen molar-refractivity contribution in [3.8, 4) is 0 Å². The molecule has 0 bridgehead atoms. The molecule has 3 nitrogen and oxygen atoms in total. The summed E-state index contributed by atoms with van der Waals surface area (Å²) in [5.41, 5.74) is 0.964. The quantitative estimate of drug-likeness (QED) is 0.894. The first-order valence-corrected chi connectivity index (χ1v) is 7.69. The van der Waals surface area contributed by atoms with Gasteiger partial charge < -0.3 is 10.2 Å². The van der Waals surface area contributed by atoms with E-state index < -0.39 is 0 Å². The van der Waals surface area contributed by atoms with Crippen molar-refractivity contribution in [1.82, 2.24) is 10.3 Å². The zero-order chi connectivity index (χ0) is 14.7. The molecule has 0 aromatic carbocycles. The van der Waals surface area contributed by atoms with Gasteiger partial charge in [-0.3, -0.25) is 0 Å². The molecule has 0 amide bonds. The Labute approximate surface area is 121 Å². The van der Waals surface area contributed by atoms with E-state index in [0.29, 0.717) is 24.7 Å². The highest BCUT2D eigenvalue weighted by Crippen LogP contribution is 2.32. The summed E-state index contributed by atoms with van der Waals surface area (Å²) in [5, 5.41) is 3.37. The fraction of sp³-hybridized carbons (Fsp3) is 0.688. The van der Waals surface area contributed by atoms with Crippen LogP contribution in [-0.2, 0) is 6.54 Å². The summed E-state index contributed by atoms with van der Waals surface area (Å²) in [7, 11) is 0. The first kappa shape index (κ1) is 15.2. The van der Waals surface area contributed by atoms with E-state index in [1.54, 1.807) is 6.07 Å². The minimum atomic E-state index is -0.255. The van der Waals surface area contributed by atoms with E-state index in [1.165, 1.54) is 19.0 Å². The summed E-state index contributed by atoms with van der Waals surface area (Å²) < 4.78 is 13.5. The van der Waals surface area contributed by atoms with E-state index in [1.807, 2.05) is 0 Å². The van der Waals surface area contributed by atoms with Crippen molar-refractivity contribution in [3.63, 3.8) is 0 Å². The zero-order valence-corrected chi connectivity index (χ0v) is 13.0. The molecule has 0 spiro atoms. The molecule has 1 saturated heterocycles. The summed E-state index contributed by atoms with van der Waals surface area (Å²) in [6.45, 7) is 9.31. The van der Waals surface area contributed by atoms with Gasteiger partial charge in [0.05, 0.1) is 6.20 Å². The van der Waals surface area contributed by atoms with Gasteiger partial charge in [0, 0.05) is 30.2 Å². The van der Waals surface area contributed by atoms with Crippen molar-refractivity contribution in [2.75, 3.05) is 4.90 Å². The predicted octanol–water partition coefficient (Wildman–Crippen LogP) is 3.49. The third-order valence-corrected chi connectivity index (χ3v) is 4.11. The van der Waals surface area contributed by atoms with Crippen LogP contribution >= 0.6 is 0 Å². The smallest absolute Gasteiger partial charge is 0.141 e. The van der Waals surface area contributed by atoms with Crippen molar-refractivity contribution >= 4 is 5.82 Å². The molecule has 1 aromatic heterocycles. The van der Waals surface area contributed by atoms with Gasteiger partial charge in [-0.2, -0.15) is 0 Å². The summed E-state index contributed by atoms with van der Waals surface area (Å²) in [6, 6.07) is 3.01. The minimum Gasteiger partial charge on any atom is -0.351 e. The van der Waals surface area contributed by atoms with Crippen LogP contribution in [0.3, 0.4) is 0 Å². The summed E-state index contributed by atoms with van der Waals surface area (Å²) in [4.78, 5) is 6.78. The Morgan fingerprint density at radius 3 is 2.85 bits per heavy atom. The van der Waals surface area contributed by atoms with E-state index in [9.17, 15) is 4.39 Å². The second-order valence-electron chi connectivity index (χ2n) is 6.07. The van der Waals surface area contributed by atoms with E-state index in [0.717, 1.165) is 17.8 Å². The Morgan fingerprint density at radius 1 is 1.45 bits per heavy atom. The fourth-order valence-corrected chi connectivity index (χ4v) is 3.00. The Bertz CT molecular complexity index is 447. The van der Waals surface area contributed by atoms with Crippen molar-refractivity contribution in [1.29, 1.82) is 0 Å². The molecule has 2 unspecified atom stereocenters. The average Bonchev–Trinajstić information content (AvgIpc) is 2.77. The van der Waals surface area contributed by atoms with Gasteiger partial charge in [-0.15, -0.1) is 0 Å². The lowest BCUT2D eigenvalue weighted by molar-refractivity contribution is 0.567. The number of aromatic nitrogens is 1. The van der Waals surface area contributed by atoms with Gasteiger partial charge in [-0.1, -0.05) is 20.8 Å². The number of nitrogens with one attached hydrogen (secondary N) is 1. The maximum atomic E-state index is 13.5. The van der Waals surface area contributed by atoms with Crippen molar-refractivity contribution < 1.29 is 4.39 Å². The fourth-order valence-electron chi connectivity index (χ4n) is 3.00. The third kappa shape index (κ3) is 3.29. The number of hydrogen-bond donors (Lipinski definition) is 1. The highest BCUT2D eigenvalue weighted by atomic mass is 19.1. The molecule has 1 fully saturated rings. The van der Waals surface area contributed by atoms with Gasteiger partial charge in [-0.05, 0) is 32.3 Å². The molecule has 2 atom stereocenters. The topological polar surface area (TPSA) is 28.2 Å². The van der Waals surface area contributed by atoms with Crippen LogP contribution in [0, 0.1) is 5.82 Å². The lowest BCUT2D eigenvalue weighted by Crippen LogP contribution is -2.36. The van der Waals surface area contributed by atoms with Crippen LogP contribution in [0.2, 0.25) is 0 Å². The van der Waals surface area contributed by atoms with Crippen LogP contribution in [0.1, 0.15) is 52.5 Å². The maximum absolute atomic E-state index is 13.5. The largest absolute Gasteiger partial charge is 0.351 e. The summed E-state index contributed by atoms with van der Waals surface area (Å²) in [5.74, 6) is 0.700. The number of pyridine rings is 1. The lowest BCUT2D eigenvalue weighted by atomic mass is 10.1. The zero-order valence-electron chi connectivity index (χ0n) is 13.0. The number of halogens is 1. The second kappa shape index (κ2) is 6.53. The van der Waals surface area contributed by atoms with E-state index in [-0.39, 0.29) is 5.82 Å². The Morgan fingerprint density at radius 2 is 2.20 bits per heavy atom. The van der Waals surface area contributed by atoms with E-state index in [4.69, 9.17) is 0 Å². The Hall–Kier alpha value is -1.16. The molecule has 4 heteroatoms.